The molecule has 1 aliphatic rings. The number of hydrogen-bond acceptors (Lipinski definition) is 4. The van der Waals surface area contributed by atoms with Crippen LogP contribution in [0.25, 0.3) is 0 Å². The van der Waals surface area contributed by atoms with Gasteiger partial charge < -0.3 is 14.4 Å². The molecule has 0 amide bonds. The highest BCUT2D eigenvalue weighted by atomic mass is 16.5. The predicted molar refractivity (Wildman–Crippen MR) is 69.0 cm³/mol. The van der Waals surface area contributed by atoms with E-state index in [2.05, 4.69) is 4.90 Å². The van der Waals surface area contributed by atoms with Crippen LogP contribution in [-0.4, -0.2) is 47.4 Å². The highest BCUT2D eigenvalue weighted by Crippen LogP contribution is 2.07. The summed E-state index contributed by atoms with van der Waals surface area (Å²) in [4.78, 5) is 14.1. The minimum atomic E-state index is -0.130. The molecule has 1 saturated heterocycles. The Labute approximate surface area is 107 Å². The van der Waals surface area contributed by atoms with Gasteiger partial charge in [0.2, 0.25) is 0 Å². The molecule has 0 aliphatic carbocycles. The number of hydrogen-bond donors (Lipinski definition) is 1. The van der Waals surface area contributed by atoms with E-state index in [1.807, 2.05) is 6.92 Å². The number of aromatic hydroxyl groups is 1. The quantitative estimate of drug-likeness (QED) is 0.852. The van der Waals surface area contributed by atoms with Crippen molar-refractivity contribution in [3.8, 4) is 5.75 Å². The fourth-order valence-corrected chi connectivity index (χ4v) is 2.28. The van der Waals surface area contributed by atoms with Gasteiger partial charge in [0.25, 0.3) is 5.56 Å². The topological polar surface area (TPSA) is 54.7 Å². The van der Waals surface area contributed by atoms with Gasteiger partial charge in [0.05, 0.1) is 13.2 Å². The number of aromatic nitrogens is 1. The van der Waals surface area contributed by atoms with Gasteiger partial charge in [-0.1, -0.05) is 0 Å². The summed E-state index contributed by atoms with van der Waals surface area (Å²) >= 11 is 0. The zero-order valence-electron chi connectivity index (χ0n) is 10.8. The smallest absolute Gasteiger partial charge is 0.254 e. The molecule has 2 rings (SSSR count). The van der Waals surface area contributed by atoms with Gasteiger partial charge in [-0.25, -0.2) is 0 Å². The maximum Gasteiger partial charge on any atom is 0.254 e. The Bertz CT molecular complexity index is 450. The van der Waals surface area contributed by atoms with E-state index in [0.717, 1.165) is 45.0 Å². The lowest BCUT2D eigenvalue weighted by Crippen LogP contribution is -2.37. The minimum absolute atomic E-state index is 0.0435. The minimum Gasteiger partial charge on any atom is -0.508 e. The Morgan fingerprint density at radius 2 is 2.00 bits per heavy atom. The first kappa shape index (κ1) is 13.1. The molecule has 0 bridgehead atoms. The van der Waals surface area contributed by atoms with Crippen LogP contribution in [0, 0.1) is 6.92 Å². The van der Waals surface area contributed by atoms with E-state index < -0.39 is 0 Å². The molecule has 1 aromatic heterocycles. The van der Waals surface area contributed by atoms with E-state index in [0.29, 0.717) is 6.54 Å². The van der Waals surface area contributed by atoms with Crippen LogP contribution in [0.1, 0.15) is 12.1 Å². The molecule has 0 radical (unpaired) electrons. The summed E-state index contributed by atoms with van der Waals surface area (Å²) < 4.78 is 7.00. The largest absolute Gasteiger partial charge is 0.508 e. The van der Waals surface area contributed by atoms with E-state index in [4.69, 9.17) is 4.74 Å². The summed E-state index contributed by atoms with van der Waals surface area (Å²) in [5.41, 5.74) is 0.677. The second kappa shape index (κ2) is 6.02. The Balaban J connectivity index is 1.88. The Morgan fingerprint density at radius 3 is 2.67 bits per heavy atom. The van der Waals surface area contributed by atoms with Crippen molar-refractivity contribution in [1.29, 1.82) is 0 Å². The van der Waals surface area contributed by atoms with Crippen LogP contribution in [-0.2, 0) is 11.3 Å². The third-order valence-corrected chi connectivity index (χ3v) is 3.28. The van der Waals surface area contributed by atoms with E-state index in [1.165, 1.54) is 6.07 Å². The maximum absolute atomic E-state index is 11.7. The molecule has 1 aromatic rings. The summed E-state index contributed by atoms with van der Waals surface area (Å²) in [6.45, 7) is 7.08. The molecule has 2 heterocycles. The highest BCUT2D eigenvalue weighted by Gasteiger charge is 2.10. The lowest BCUT2D eigenvalue weighted by molar-refractivity contribution is 0.0369. The zero-order chi connectivity index (χ0) is 13.0. The molecule has 0 spiro atoms. The van der Waals surface area contributed by atoms with Crippen molar-refractivity contribution in [2.24, 2.45) is 0 Å². The van der Waals surface area contributed by atoms with Crippen LogP contribution in [0.2, 0.25) is 0 Å². The van der Waals surface area contributed by atoms with Gasteiger partial charge in [0.1, 0.15) is 5.75 Å². The van der Waals surface area contributed by atoms with Crippen LogP contribution in [0.15, 0.2) is 16.9 Å². The van der Waals surface area contributed by atoms with Gasteiger partial charge in [-0.2, -0.15) is 0 Å². The van der Waals surface area contributed by atoms with E-state index in [-0.39, 0.29) is 11.3 Å². The summed E-state index contributed by atoms with van der Waals surface area (Å²) in [6, 6.07) is 2.89. The van der Waals surface area contributed by atoms with Gasteiger partial charge >= 0.3 is 0 Å². The molecule has 18 heavy (non-hydrogen) atoms. The molecular weight excluding hydrogens is 232 g/mol. The molecule has 1 N–H and O–H groups in total. The van der Waals surface area contributed by atoms with Crippen molar-refractivity contribution in [2.75, 3.05) is 32.8 Å². The first-order chi connectivity index (χ1) is 8.66. The van der Waals surface area contributed by atoms with Crippen LogP contribution in [0.5, 0.6) is 5.75 Å². The Hall–Kier alpha value is -1.33. The molecule has 5 heteroatoms. The van der Waals surface area contributed by atoms with Crippen molar-refractivity contribution in [3.05, 3.63) is 28.2 Å². The monoisotopic (exact) mass is 252 g/mol. The van der Waals surface area contributed by atoms with Gasteiger partial charge in [-0.15, -0.1) is 0 Å². The van der Waals surface area contributed by atoms with Gasteiger partial charge in [-0.05, 0) is 19.4 Å². The molecule has 5 nitrogen and oxygen atoms in total. The second-order valence-electron chi connectivity index (χ2n) is 4.65. The number of pyridine rings is 1. The average Bonchev–Trinajstić information content (AvgIpc) is 2.34. The van der Waals surface area contributed by atoms with Crippen molar-refractivity contribution >= 4 is 0 Å². The lowest BCUT2D eigenvalue weighted by atomic mass is 10.3. The van der Waals surface area contributed by atoms with E-state index in [1.54, 1.807) is 10.6 Å². The number of nitrogens with zero attached hydrogens (tertiary/aromatic N) is 2. The molecular formula is C13H20N2O3. The lowest BCUT2D eigenvalue weighted by Gasteiger charge is -2.26. The molecule has 0 unspecified atom stereocenters. The molecule has 0 atom stereocenters. The van der Waals surface area contributed by atoms with Crippen LogP contribution < -0.4 is 5.56 Å². The summed E-state index contributed by atoms with van der Waals surface area (Å²) in [7, 11) is 0. The first-order valence-corrected chi connectivity index (χ1v) is 6.37. The molecule has 1 fully saturated rings. The number of rotatable bonds is 4. The predicted octanol–water partition coefficient (Wildman–Crippen LogP) is 0.585. The van der Waals surface area contributed by atoms with Gasteiger partial charge in [0, 0.05) is 37.9 Å². The van der Waals surface area contributed by atoms with Crippen molar-refractivity contribution in [3.63, 3.8) is 0 Å². The van der Waals surface area contributed by atoms with Gasteiger partial charge in [0.15, 0.2) is 0 Å². The average molecular weight is 252 g/mol. The molecule has 0 saturated carbocycles. The standard InChI is InChI=1S/C13H20N2O3/c1-11-9-12(16)10-13(17)15(11)4-2-3-14-5-7-18-8-6-14/h9-10,16H,2-8H2,1H3. The summed E-state index contributed by atoms with van der Waals surface area (Å²) in [6.07, 6.45) is 0.936. The van der Waals surface area contributed by atoms with E-state index >= 15 is 0 Å². The summed E-state index contributed by atoms with van der Waals surface area (Å²) in [5.74, 6) is 0.0435. The summed E-state index contributed by atoms with van der Waals surface area (Å²) in [5, 5.41) is 9.31. The Morgan fingerprint density at radius 1 is 1.28 bits per heavy atom. The van der Waals surface area contributed by atoms with E-state index in [9.17, 15) is 9.90 Å². The van der Waals surface area contributed by atoms with Gasteiger partial charge in [-0.3, -0.25) is 9.69 Å². The third kappa shape index (κ3) is 3.34. The first-order valence-electron chi connectivity index (χ1n) is 6.37. The van der Waals surface area contributed by atoms with Crippen molar-refractivity contribution in [1.82, 2.24) is 9.47 Å². The molecule has 0 aromatic carbocycles. The molecule has 1 aliphatic heterocycles. The van der Waals surface area contributed by atoms with Crippen molar-refractivity contribution in [2.45, 2.75) is 19.9 Å². The van der Waals surface area contributed by atoms with Crippen LogP contribution in [0.3, 0.4) is 0 Å². The maximum atomic E-state index is 11.7. The SMILES string of the molecule is Cc1cc(O)cc(=O)n1CCCN1CCOCC1. The Kier molecular flexibility index (Phi) is 4.38. The third-order valence-electron chi connectivity index (χ3n) is 3.28. The fraction of sp³-hybridized carbons (Fsp3) is 0.615. The number of morpholine rings is 1. The van der Waals surface area contributed by atoms with Crippen LogP contribution in [0.4, 0.5) is 0 Å². The fourth-order valence-electron chi connectivity index (χ4n) is 2.28. The number of aryl methyl sites for hydroxylation is 1. The highest BCUT2D eigenvalue weighted by molar-refractivity contribution is 5.21. The normalized spacial score (nSPS) is 16.9. The van der Waals surface area contributed by atoms with Crippen molar-refractivity contribution < 1.29 is 9.84 Å². The second-order valence-corrected chi connectivity index (χ2v) is 4.65. The molecule has 100 valence electrons. The zero-order valence-corrected chi connectivity index (χ0v) is 10.8. The number of ether oxygens (including phenoxy) is 1. The van der Waals surface area contributed by atoms with Crippen LogP contribution >= 0.6 is 0 Å².